The molecule has 1 aliphatic heterocycles. The molecule has 2 heterocycles. The number of aliphatic imine (C=N–C) groups is 1. The molecule has 1 aliphatic rings. The molecule has 0 aliphatic carbocycles. The molecule has 3 rings (SSSR count). The fourth-order valence-electron chi connectivity index (χ4n) is 3.36. The first-order valence-corrected chi connectivity index (χ1v) is 10.3. The Hall–Kier alpha value is -2.94. The lowest BCUT2D eigenvalue weighted by molar-refractivity contribution is 0.0827. The summed E-state index contributed by atoms with van der Waals surface area (Å²) in [6, 6.07) is 7.82. The Bertz CT molecular complexity index is 874. The first kappa shape index (κ1) is 21.8. The fraction of sp³-hybridized carbons (Fsp3) is 0.524. The van der Waals surface area contributed by atoms with Gasteiger partial charge in [0.2, 0.25) is 0 Å². The van der Waals surface area contributed by atoms with Crippen LogP contribution in [0.1, 0.15) is 40.9 Å². The Kier molecular flexibility index (Phi) is 7.40. The highest BCUT2D eigenvalue weighted by molar-refractivity contribution is 5.93. The molecule has 0 saturated carbocycles. The number of hydrogen-bond acceptors (Lipinski definition) is 5. The van der Waals surface area contributed by atoms with E-state index in [9.17, 15) is 4.79 Å². The van der Waals surface area contributed by atoms with Crippen molar-refractivity contribution in [3.8, 4) is 0 Å². The van der Waals surface area contributed by atoms with Crippen molar-refractivity contribution in [2.45, 2.75) is 45.5 Å². The van der Waals surface area contributed by atoms with Gasteiger partial charge in [0.15, 0.2) is 11.8 Å². The van der Waals surface area contributed by atoms with Gasteiger partial charge in [0.05, 0.1) is 13.1 Å². The quantitative estimate of drug-likeness (QED) is 0.523. The number of rotatable bonds is 7. The second kappa shape index (κ2) is 10.2. The minimum atomic E-state index is -0.00140. The van der Waals surface area contributed by atoms with Crippen LogP contribution in [0.4, 0.5) is 0 Å². The number of carbonyl (C=O) groups is 1. The highest BCUT2D eigenvalue weighted by atomic mass is 16.5. The van der Waals surface area contributed by atoms with E-state index in [2.05, 4.69) is 20.7 Å². The van der Waals surface area contributed by atoms with Crippen LogP contribution in [0, 0.1) is 0 Å². The number of fused-ring (bicyclic) bond motifs is 1. The Morgan fingerprint density at radius 1 is 1.33 bits per heavy atom. The van der Waals surface area contributed by atoms with E-state index >= 15 is 0 Å². The predicted molar refractivity (Wildman–Crippen MR) is 115 cm³/mol. The molecule has 0 spiro atoms. The minimum Gasteiger partial charge on any atom is -0.377 e. The molecule has 162 valence electrons. The number of hydrogen-bond donors (Lipinski definition) is 2. The SMILES string of the molecule is CCNC(=NCc1ccc(C(=O)N(C)C)cc1)NC1CCc2nc(COC)nn2C1. The Balaban J connectivity index is 1.61. The normalized spacial score (nSPS) is 16.1. The number of methoxy groups -OCH3 is 1. The number of carbonyl (C=O) groups excluding carboxylic acids is 1. The topological polar surface area (TPSA) is 96.7 Å². The lowest BCUT2D eigenvalue weighted by atomic mass is 10.1. The van der Waals surface area contributed by atoms with E-state index in [4.69, 9.17) is 9.73 Å². The van der Waals surface area contributed by atoms with Crippen LogP contribution in [0.15, 0.2) is 29.3 Å². The van der Waals surface area contributed by atoms with Gasteiger partial charge in [0.25, 0.3) is 5.91 Å². The summed E-state index contributed by atoms with van der Waals surface area (Å²) in [5.74, 6) is 2.51. The van der Waals surface area contributed by atoms with Gasteiger partial charge in [-0.05, 0) is 31.0 Å². The summed E-state index contributed by atoms with van der Waals surface area (Å²) in [7, 11) is 5.15. The summed E-state index contributed by atoms with van der Waals surface area (Å²) in [6.07, 6.45) is 1.84. The zero-order chi connectivity index (χ0) is 21.5. The van der Waals surface area contributed by atoms with Gasteiger partial charge in [0, 0.05) is 45.8 Å². The van der Waals surface area contributed by atoms with Crippen molar-refractivity contribution in [2.24, 2.45) is 4.99 Å². The molecule has 0 radical (unpaired) electrons. The third-order valence-corrected chi connectivity index (χ3v) is 4.89. The van der Waals surface area contributed by atoms with Crippen LogP contribution in [0.25, 0.3) is 0 Å². The van der Waals surface area contributed by atoms with Gasteiger partial charge >= 0.3 is 0 Å². The van der Waals surface area contributed by atoms with E-state index in [0.717, 1.165) is 49.1 Å². The monoisotopic (exact) mass is 413 g/mol. The molecule has 0 bridgehead atoms. The largest absolute Gasteiger partial charge is 0.377 e. The van der Waals surface area contributed by atoms with Crippen molar-refractivity contribution in [2.75, 3.05) is 27.7 Å². The molecule has 0 fully saturated rings. The van der Waals surface area contributed by atoms with Crippen molar-refractivity contribution in [1.82, 2.24) is 30.3 Å². The van der Waals surface area contributed by atoms with Gasteiger partial charge in [-0.25, -0.2) is 14.7 Å². The molecule has 9 nitrogen and oxygen atoms in total. The molecule has 9 heteroatoms. The van der Waals surface area contributed by atoms with Crippen molar-refractivity contribution < 1.29 is 9.53 Å². The molecule has 30 heavy (non-hydrogen) atoms. The molecular formula is C21H31N7O2. The average Bonchev–Trinajstić information content (AvgIpc) is 3.14. The van der Waals surface area contributed by atoms with Crippen LogP contribution in [-0.4, -0.2) is 65.3 Å². The predicted octanol–water partition coefficient (Wildman–Crippen LogP) is 1.20. The third-order valence-electron chi connectivity index (χ3n) is 4.89. The smallest absolute Gasteiger partial charge is 0.253 e. The highest BCUT2D eigenvalue weighted by Gasteiger charge is 2.22. The van der Waals surface area contributed by atoms with Crippen molar-refractivity contribution >= 4 is 11.9 Å². The Morgan fingerprint density at radius 3 is 2.77 bits per heavy atom. The molecule has 2 N–H and O–H groups in total. The number of aromatic nitrogens is 3. The molecule has 2 aromatic rings. The fourth-order valence-corrected chi connectivity index (χ4v) is 3.36. The molecule has 1 aromatic carbocycles. The van der Waals surface area contributed by atoms with Gasteiger partial charge in [-0.2, -0.15) is 5.10 Å². The maximum Gasteiger partial charge on any atom is 0.253 e. The maximum absolute atomic E-state index is 12.0. The summed E-state index contributed by atoms with van der Waals surface area (Å²) in [6.45, 7) is 4.54. The summed E-state index contributed by atoms with van der Waals surface area (Å²) < 4.78 is 7.09. The third kappa shape index (κ3) is 5.56. The number of guanidine groups is 1. The lowest BCUT2D eigenvalue weighted by Crippen LogP contribution is -2.47. The van der Waals surface area contributed by atoms with Crippen LogP contribution >= 0.6 is 0 Å². The van der Waals surface area contributed by atoms with Crippen LogP contribution in [0.3, 0.4) is 0 Å². The number of ether oxygens (including phenoxy) is 1. The lowest BCUT2D eigenvalue weighted by Gasteiger charge is -2.25. The zero-order valence-corrected chi connectivity index (χ0v) is 18.2. The Morgan fingerprint density at radius 2 is 2.10 bits per heavy atom. The van der Waals surface area contributed by atoms with E-state index in [1.807, 2.05) is 35.9 Å². The summed E-state index contributed by atoms with van der Waals surface area (Å²) in [5, 5.41) is 11.3. The van der Waals surface area contributed by atoms with Crippen LogP contribution in [-0.2, 0) is 30.9 Å². The molecule has 1 amide bonds. The van der Waals surface area contributed by atoms with Gasteiger partial charge in [0.1, 0.15) is 12.4 Å². The molecular weight excluding hydrogens is 382 g/mol. The number of aryl methyl sites for hydroxylation is 1. The van der Waals surface area contributed by atoms with Gasteiger partial charge in [-0.15, -0.1) is 0 Å². The van der Waals surface area contributed by atoms with Crippen LogP contribution < -0.4 is 10.6 Å². The van der Waals surface area contributed by atoms with Gasteiger partial charge in [-0.1, -0.05) is 12.1 Å². The first-order valence-electron chi connectivity index (χ1n) is 10.3. The van der Waals surface area contributed by atoms with Crippen molar-refractivity contribution in [3.63, 3.8) is 0 Å². The van der Waals surface area contributed by atoms with E-state index in [0.29, 0.717) is 18.7 Å². The summed E-state index contributed by atoms with van der Waals surface area (Å²) >= 11 is 0. The second-order valence-electron chi connectivity index (χ2n) is 7.53. The molecule has 0 saturated heterocycles. The number of benzene rings is 1. The van der Waals surface area contributed by atoms with E-state index in [-0.39, 0.29) is 11.9 Å². The zero-order valence-electron chi connectivity index (χ0n) is 18.2. The van der Waals surface area contributed by atoms with Gasteiger partial charge < -0.3 is 20.3 Å². The summed E-state index contributed by atoms with van der Waals surface area (Å²) in [4.78, 5) is 22.8. The standard InChI is InChI=1S/C21H31N7O2/c1-5-22-21(23-12-15-6-8-16(9-7-15)20(29)27(2)3)24-17-10-11-19-25-18(14-30-4)26-28(19)13-17/h6-9,17H,5,10-14H2,1-4H3,(H2,22,23,24). The van der Waals surface area contributed by atoms with E-state index in [1.165, 1.54) is 0 Å². The number of amides is 1. The van der Waals surface area contributed by atoms with Crippen molar-refractivity contribution in [3.05, 3.63) is 47.0 Å². The first-order chi connectivity index (χ1) is 14.5. The maximum atomic E-state index is 12.0. The van der Waals surface area contributed by atoms with E-state index in [1.54, 1.807) is 26.1 Å². The molecule has 1 aromatic heterocycles. The number of nitrogens with zero attached hydrogens (tertiary/aromatic N) is 5. The minimum absolute atomic E-state index is 0.00140. The van der Waals surface area contributed by atoms with Gasteiger partial charge in [-0.3, -0.25) is 4.79 Å². The van der Waals surface area contributed by atoms with E-state index < -0.39 is 0 Å². The molecule has 1 atom stereocenters. The number of nitrogens with one attached hydrogen (secondary N) is 2. The average molecular weight is 414 g/mol. The molecule has 1 unspecified atom stereocenters. The second-order valence-corrected chi connectivity index (χ2v) is 7.53. The summed E-state index contributed by atoms with van der Waals surface area (Å²) in [5.41, 5.74) is 1.73. The highest BCUT2D eigenvalue weighted by Crippen LogP contribution is 2.14. The van der Waals surface area contributed by atoms with Crippen LogP contribution in [0.5, 0.6) is 0 Å². The Labute approximate surface area is 177 Å². The van der Waals surface area contributed by atoms with Crippen LogP contribution in [0.2, 0.25) is 0 Å². The van der Waals surface area contributed by atoms with Crippen molar-refractivity contribution in [1.29, 1.82) is 0 Å².